The van der Waals surface area contributed by atoms with Crippen LogP contribution in [0.3, 0.4) is 0 Å². The highest BCUT2D eigenvalue weighted by molar-refractivity contribution is 9.10. The van der Waals surface area contributed by atoms with Crippen LogP contribution in [0, 0.1) is 5.92 Å². The number of amides is 4. The Balaban J connectivity index is 1.45. The Hall–Kier alpha value is -3.07. The van der Waals surface area contributed by atoms with Crippen molar-refractivity contribution in [3.05, 3.63) is 53.0 Å². The van der Waals surface area contributed by atoms with Crippen molar-refractivity contribution >= 4 is 45.2 Å². The molecule has 9 heteroatoms. The molecule has 1 saturated heterocycles. The van der Waals surface area contributed by atoms with Gasteiger partial charge in [-0.05, 0) is 72.1 Å². The molecule has 4 amide bonds. The summed E-state index contributed by atoms with van der Waals surface area (Å²) in [6, 6.07) is 13.3. The summed E-state index contributed by atoms with van der Waals surface area (Å²) in [7, 11) is 1.59. The fourth-order valence-electron chi connectivity index (χ4n) is 3.53. The number of carbonyl (C=O) groups excluding carboxylic acids is 3. The Kier molecular flexibility index (Phi) is 8.10. The van der Waals surface area contributed by atoms with Gasteiger partial charge in [-0.25, -0.2) is 4.79 Å². The van der Waals surface area contributed by atoms with Gasteiger partial charge in [0, 0.05) is 29.2 Å². The molecule has 0 aliphatic carbocycles. The lowest BCUT2D eigenvalue weighted by Crippen LogP contribution is -2.51. The summed E-state index contributed by atoms with van der Waals surface area (Å²) in [5, 5.41) is 8.32. The Morgan fingerprint density at radius 2 is 1.69 bits per heavy atom. The molecular weight excluding hydrogens is 476 g/mol. The van der Waals surface area contributed by atoms with E-state index < -0.39 is 12.1 Å². The molecule has 1 fully saturated rings. The van der Waals surface area contributed by atoms with Crippen molar-refractivity contribution in [1.29, 1.82) is 0 Å². The quantitative estimate of drug-likeness (QED) is 0.558. The van der Waals surface area contributed by atoms with E-state index in [9.17, 15) is 14.4 Å². The highest BCUT2D eigenvalue weighted by Crippen LogP contribution is 2.22. The number of anilines is 2. The predicted molar refractivity (Wildman–Crippen MR) is 127 cm³/mol. The lowest BCUT2D eigenvalue weighted by Gasteiger charge is -2.33. The molecule has 1 aliphatic heterocycles. The molecule has 170 valence electrons. The van der Waals surface area contributed by atoms with Gasteiger partial charge in [0.05, 0.1) is 12.8 Å². The van der Waals surface area contributed by atoms with Gasteiger partial charge in [-0.1, -0.05) is 12.1 Å². The van der Waals surface area contributed by atoms with Crippen LogP contribution in [0.25, 0.3) is 0 Å². The molecule has 0 aromatic heterocycles. The largest absolute Gasteiger partial charge is 0.497 e. The van der Waals surface area contributed by atoms with E-state index in [4.69, 9.17) is 4.74 Å². The molecule has 1 aliphatic rings. The number of likely N-dealkylation sites (tertiary alicyclic amines) is 1. The van der Waals surface area contributed by atoms with Gasteiger partial charge in [0.1, 0.15) is 11.8 Å². The average molecular weight is 503 g/mol. The molecular formula is C23H27BrN4O4. The number of nitrogens with zero attached hydrogens (tertiary/aromatic N) is 1. The van der Waals surface area contributed by atoms with Crippen molar-refractivity contribution in [2.24, 2.45) is 5.92 Å². The standard InChI is InChI=1S/C23H27BrN4O4/c1-15(25-23(31)27-20-6-4-3-5-19(20)24)22(30)28-13-11-16(12-14-28)21(29)26-17-7-9-18(32-2)10-8-17/h3-10,15-16H,11-14H2,1-2H3,(H,26,29)(H2,25,27,31)/t15-/m0/s1. The third-order valence-electron chi connectivity index (χ3n) is 5.38. The number of carbonyl (C=O) groups is 3. The number of para-hydroxylation sites is 1. The lowest BCUT2D eigenvalue weighted by molar-refractivity contribution is -0.135. The van der Waals surface area contributed by atoms with E-state index in [1.54, 1.807) is 49.3 Å². The number of rotatable bonds is 6. The molecule has 2 aromatic carbocycles. The number of methoxy groups -OCH3 is 1. The van der Waals surface area contributed by atoms with Crippen molar-refractivity contribution in [1.82, 2.24) is 10.2 Å². The molecule has 0 saturated carbocycles. The van der Waals surface area contributed by atoms with E-state index in [1.165, 1.54) is 0 Å². The van der Waals surface area contributed by atoms with Gasteiger partial charge in [-0.2, -0.15) is 0 Å². The molecule has 2 aromatic rings. The number of nitrogens with one attached hydrogen (secondary N) is 3. The van der Waals surface area contributed by atoms with Crippen LogP contribution < -0.4 is 20.7 Å². The maximum absolute atomic E-state index is 12.7. The summed E-state index contributed by atoms with van der Waals surface area (Å²) >= 11 is 3.37. The van der Waals surface area contributed by atoms with Crippen LogP contribution in [-0.4, -0.2) is 49.0 Å². The van der Waals surface area contributed by atoms with E-state index in [1.807, 2.05) is 18.2 Å². The Labute approximate surface area is 195 Å². The van der Waals surface area contributed by atoms with Crippen LogP contribution in [-0.2, 0) is 9.59 Å². The number of hydrogen-bond donors (Lipinski definition) is 3. The number of urea groups is 1. The van der Waals surface area contributed by atoms with Gasteiger partial charge in [0.25, 0.3) is 0 Å². The summed E-state index contributed by atoms with van der Waals surface area (Å²) < 4.78 is 5.87. The summed E-state index contributed by atoms with van der Waals surface area (Å²) in [5.41, 5.74) is 1.33. The first-order valence-electron chi connectivity index (χ1n) is 10.4. The molecule has 8 nitrogen and oxygen atoms in total. The predicted octanol–water partition coefficient (Wildman–Crippen LogP) is 3.85. The Bertz CT molecular complexity index is 959. The van der Waals surface area contributed by atoms with E-state index in [0.717, 1.165) is 10.2 Å². The van der Waals surface area contributed by atoms with Gasteiger partial charge in [0.15, 0.2) is 0 Å². The minimum atomic E-state index is -0.679. The monoisotopic (exact) mass is 502 g/mol. The van der Waals surface area contributed by atoms with Gasteiger partial charge >= 0.3 is 6.03 Å². The normalized spacial score (nSPS) is 14.9. The summed E-state index contributed by atoms with van der Waals surface area (Å²) in [6.07, 6.45) is 1.15. The van der Waals surface area contributed by atoms with Crippen molar-refractivity contribution in [2.45, 2.75) is 25.8 Å². The van der Waals surface area contributed by atoms with Gasteiger partial charge in [0.2, 0.25) is 11.8 Å². The summed E-state index contributed by atoms with van der Waals surface area (Å²) in [4.78, 5) is 39.2. The topological polar surface area (TPSA) is 99.8 Å². The maximum atomic E-state index is 12.7. The Morgan fingerprint density at radius 3 is 2.31 bits per heavy atom. The fraction of sp³-hybridized carbons (Fsp3) is 0.348. The third-order valence-corrected chi connectivity index (χ3v) is 6.07. The van der Waals surface area contributed by atoms with Crippen molar-refractivity contribution in [3.63, 3.8) is 0 Å². The highest BCUT2D eigenvalue weighted by Gasteiger charge is 2.30. The minimum absolute atomic E-state index is 0.0544. The van der Waals surface area contributed by atoms with Crippen molar-refractivity contribution in [3.8, 4) is 5.75 Å². The van der Waals surface area contributed by atoms with E-state index in [0.29, 0.717) is 37.3 Å². The number of halogens is 1. The second-order valence-corrected chi connectivity index (χ2v) is 8.47. The molecule has 0 bridgehead atoms. The van der Waals surface area contributed by atoms with Crippen LogP contribution in [0.15, 0.2) is 53.0 Å². The number of ether oxygens (including phenoxy) is 1. The van der Waals surface area contributed by atoms with Crippen LogP contribution in [0.5, 0.6) is 5.75 Å². The van der Waals surface area contributed by atoms with Gasteiger partial charge in [-0.15, -0.1) is 0 Å². The smallest absolute Gasteiger partial charge is 0.319 e. The highest BCUT2D eigenvalue weighted by atomic mass is 79.9. The SMILES string of the molecule is COc1ccc(NC(=O)C2CCN(C(=O)[C@H](C)NC(=O)Nc3ccccc3Br)CC2)cc1. The van der Waals surface area contributed by atoms with E-state index in [2.05, 4.69) is 31.9 Å². The molecule has 0 spiro atoms. The summed E-state index contributed by atoms with van der Waals surface area (Å²) in [5.74, 6) is 0.341. The first-order chi connectivity index (χ1) is 15.4. The lowest BCUT2D eigenvalue weighted by atomic mass is 9.95. The zero-order valence-corrected chi connectivity index (χ0v) is 19.6. The van der Waals surface area contributed by atoms with E-state index in [-0.39, 0.29) is 17.7 Å². The van der Waals surface area contributed by atoms with Gasteiger partial charge < -0.3 is 25.6 Å². The molecule has 32 heavy (non-hydrogen) atoms. The number of hydrogen-bond acceptors (Lipinski definition) is 4. The zero-order chi connectivity index (χ0) is 23.1. The van der Waals surface area contributed by atoms with Gasteiger partial charge in [-0.3, -0.25) is 9.59 Å². The average Bonchev–Trinajstić information content (AvgIpc) is 2.80. The molecule has 1 atom stereocenters. The molecule has 3 N–H and O–H groups in total. The third kappa shape index (κ3) is 6.23. The number of piperidine rings is 1. The van der Waals surface area contributed by atoms with E-state index >= 15 is 0 Å². The van der Waals surface area contributed by atoms with Crippen LogP contribution in [0.2, 0.25) is 0 Å². The first kappa shape index (κ1) is 23.6. The van der Waals surface area contributed by atoms with Crippen LogP contribution in [0.1, 0.15) is 19.8 Å². The maximum Gasteiger partial charge on any atom is 0.319 e. The minimum Gasteiger partial charge on any atom is -0.497 e. The Morgan fingerprint density at radius 1 is 1.03 bits per heavy atom. The summed E-state index contributed by atoms with van der Waals surface area (Å²) in [6.45, 7) is 2.60. The fourth-order valence-corrected chi connectivity index (χ4v) is 3.92. The van der Waals surface area contributed by atoms with Crippen molar-refractivity contribution < 1.29 is 19.1 Å². The molecule has 0 radical (unpaired) electrons. The van der Waals surface area contributed by atoms with Crippen molar-refractivity contribution in [2.75, 3.05) is 30.8 Å². The number of benzene rings is 2. The zero-order valence-electron chi connectivity index (χ0n) is 18.1. The molecule has 1 heterocycles. The van der Waals surface area contributed by atoms with Crippen LogP contribution in [0.4, 0.5) is 16.2 Å². The first-order valence-corrected chi connectivity index (χ1v) is 11.2. The molecule has 3 rings (SSSR count). The second-order valence-electron chi connectivity index (χ2n) is 7.62. The van der Waals surface area contributed by atoms with Crippen LogP contribution >= 0.6 is 15.9 Å². The molecule has 0 unspecified atom stereocenters. The second kappa shape index (κ2) is 11.0.